The average molecular weight is 132 g/mol. The number of hydrogen-bond acceptors (Lipinski definition) is 0. The lowest BCUT2D eigenvalue weighted by molar-refractivity contribution is 0.803. The zero-order valence-corrected chi connectivity index (χ0v) is 5.88. The molecule has 0 unspecified atom stereocenters. The summed E-state index contributed by atoms with van der Waals surface area (Å²) in [5.41, 5.74) is 2.71. The molecule has 0 saturated heterocycles. The van der Waals surface area contributed by atoms with Gasteiger partial charge in [0.2, 0.25) is 0 Å². The van der Waals surface area contributed by atoms with Crippen molar-refractivity contribution < 1.29 is 0 Å². The van der Waals surface area contributed by atoms with E-state index < -0.39 is 0 Å². The third kappa shape index (κ3) is 0.878. The van der Waals surface area contributed by atoms with Gasteiger partial charge >= 0.3 is 0 Å². The van der Waals surface area contributed by atoms with E-state index in [2.05, 4.69) is 29.6 Å². The van der Waals surface area contributed by atoms with Gasteiger partial charge in [-0.3, -0.25) is 5.32 Å². The Morgan fingerprint density at radius 3 is 2.90 bits per heavy atom. The quantitative estimate of drug-likeness (QED) is 0.446. The first-order chi connectivity index (χ1) is 4.97. The van der Waals surface area contributed by atoms with Gasteiger partial charge in [0.1, 0.15) is 0 Å². The first kappa shape index (κ1) is 5.78. The van der Waals surface area contributed by atoms with Crippen LogP contribution in [-0.2, 0) is 0 Å². The van der Waals surface area contributed by atoms with Crippen LogP contribution in [0.4, 0.5) is 0 Å². The van der Waals surface area contributed by atoms with E-state index in [9.17, 15) is 0 Å². The Morgan fingerprint density at radius 1 is 1.10 bits per heavy atom. The predicted octanol–water partition coefficient (Wildman–Crippen LogP) is 1.76. The smallest absolute Gasteiger partial charge is 0.0576 e. The van der Waals surface area contributed by atoms with E-state index in [1.54, 1.807) is 0 Å². The molecular formula is C9H10N. The maximum absolute atomic E-state index is 4.39. The molecule has 1 nitrogen and oxygen atoms in total. The fraction of sp³-hybridized carbons (Fsp3) is 0.333. The summed E-state index contributed by atoms with van der Waals surface area (Å²) in [5, 5.41) is 4.39. The predicted molar refractivity (Wildman–Crippen MR) is 41.5 cm³/mol. The van der Waals surface area contributed by atoms with Crippen LogP contribution in [0.3, 0.4) is 0 Å². The highest BCUT2D eigenvalue weighted by atomic mass is 14.9. The first-order valence-electron chi connectivity index (χ1n) is 3.68. The Kier molecular flexibility index (Phi) is 1.35. The molecule has 2 rings (SSSR count). The normalized spacial score (nSPS) is 22.4. The molecule has 1 aliphatic carbocycles. The van der Waals surface area contributed by atoms with Crippen LogP contribution in [0.25, 0.3) is 0 Å². The second-order valence-electron chi connectivity index (χ2n) is 2.59. The van der Waals surface area contributed by atoms with Gasteiger partial charge in [-0.1, -0.05) is 24.3 Å². The highest BCUT2D eigenvalue weighted by molar-refractivity contribution is 5.34. The monoisotopic (exact) mass is 132 g/mol. The van der Waals surface area contributed by atoms with Gasteiger partial charge in [0.25, 0.3) is 0 Å². The van der Waals surface area contributed by atoms with Gasteiger partial charge in [-0.15, -0.1) is 0 Å². The molecule has 51 valence electrons. The van der Waals surface area contributed by atoms with Crippen LogP contribution in [0.5, 0.6) is 0 Å². The molecule has 1 heteroatoms. The van der Waals surface area contributed by atoms with Crippen LogP contribution in [0.15, 0.2) is 35.6 Å². The standard InChI is InChI=1S/C9H10N/c1-2-6-9-8(4-1)5-3-7-10-9/h1-3,5H,4,6-7H2. The van der Waals surface area contributed by atoms with Crippen LogP contribution < -0.4 is 5.32 Å². The lowest BCUT2D eigenvalue weighted by atomic mass is 10.00. The fourth-order valence-electron chi connectivity index (χ4n) is 1.34. The molecule has 0 atom stereocenters. The Morgan fingerprint density at radius 2 is 2.00 bits per heavy atom. The zero-order valence-electron chi connectivity index (χ0n) is 5.88. The minimum absolute atomic E-state index is 0.882. The molecule has 0 fully saturated rings. The molecule has 2 aliphatic rings. The molecule has 0 spiro atoms. The molecule has 1 heterocycles. The third-order valence-electron chi connectivity index (χ3n) is 1.89. The highest BCUT2D eigenvalue weighted by Gasteiger charge is 2.08. The Bertz CT molecular complexity index is 221. The molecule has 0 aromatic carbocycles. The van der Waals surface area contributed by atoms with E-state index in [1.807, 2.05) is 0 Å². The van der Waals surface area contributed by atoms with E-state index in [0.717, 1.165) is 19.4 Å². The summed E-state index contributed by atoms with van der Waals surface area (Å²) in [6.07, 6.45) is 10.9. The molecule has 0 saturated carbocycles. The molecule has 1 aliphatic heterocycles. The van der Waals surface area contributed by atoms with Crippen molar-refractivity contribution in [1.29, 1.82) is 0 Å². The zero-order chi connectivity index (χ0) is 6.81. The maximum Gasteiger partial charge on any atom is 0.0576 e. The number of allylic oxidation sites excluding steroid dienone is 4. The van der Waals surface area contributed by atoms with Crippen molar-refractivity contribution in [2.75, 3.05) is 6.54 Å². The van der Waals surface area contributed by atoms with E-state index in [-0.39, 0.29) is 0 Å². The Hall–Kier alpha value is -0.980. The van der Waals surface area contributed by atoms with Crippen molar-refractivity contribution in [3.8, 4) is 0 Å². The molecular weight excluding hydrogens is 122 g/mol. The molecule has 0 aromatic rings. The molecule has 0 bridgehead atoms. The number of rotatable bonds is 0. The van der Waals surface area contributed by atoms with Crippen LogP contribution in [0, 0.1) is 0 Å². The number of hydrogen-bond donors (Lipinski definition) is 0. The van der Waals surface area contributed by atoms with Gasteiger partial charge in [-0.25, -0.2) is 0 Å². The van der Waals surface area contributed by atoms with Gasteiger partial charge in [0.15, 0.2) is 0 Å². The van der Waals surface area contributed by atoms with Gasteiger partial charge in [-0.05, 0) is 12.0 Å². The maximum atomic E-state index is 4.39. The summed E-state index contributed by atoms with van der Waals surface area (Å²) in [6.45, 7) is 0.882. The third-order valence-corrected chi connectivity index (χ3v) is 1.89. The molecule has 0 aromatic heterocycles. The first-order valence-corrected chi connectivity index (χ1v) is 3.68. The molecule has 0 amide bonds. The Balaban J connectivity index is 2.25. The summed E-state index contributed by atoms with van der Waals surface area (Å²) >= 11 is 0. The summed E-state index contributed by atoms with van der Waals surface area (Å²) < 4.78 is 0. The van der Waals surface area contributed by atoms with Crippen molar-refractivity contribution in [2.24, 2.45) is 0 Å². The molecule has 10 heavy (non-hydrogen) atoms. The van der Waals surface area contributed by atoms with Crippen LogP contribution in [0.1, 0.15) is 12.8 Å². The minimum Gasteiger partial charge on any atom is -0.285 e. The van der Waals surface area contributed by atoms with E-state index in [0.29, 0.717) is 0 Å². The second-order valence-corrected chi connectivity index (χ2v) is 2.59. The van der Waals surface area contributed by atoms with Crippen molar-refractivity contribution in [3.05, 3.63) is 35.6 Å². The summed E-state index contributed by atoms with van der Waals surface area (Å²) in [7, 11) is 0. The van der Waals surface area contributed by atoms with E-state index >= 15 is 0 Å². The number of nitrogens with zero attached hydrogens (tertiary/aromatic N) is 1. The van der Waals surface area contributed by atoms with Crippen molar-refractivity contribution in [2.45, 2.75) is 12.8 Å². The summed E-state index contributed by atoms with van der Waals surface area (Å²) in [6, 6.07) is 0. The minimum atomic E-state index is 0.882. The largest absolute Gasteiger partial charge is 0.285 e. The molecule has 0 N–H and O–H groups in total. The van der Waals surface area contributed by atoms with Gasteiger partial charge in [0.05, 0.1) is 6.54 Å². The van der Waals surface area contributed by atoms with Gasteiger partial charge in [-0.2, -0.15) is 0 Å². The average Bonchev–Trinajstić information content (AvgIpc) is 2.05. The SMILES string of the molecule is C1=CC2=C(CC=CC2)[N]C1. The van der Waals surface area contributed by atoms with Crippen molar-refractivity contribution >= 4 is 0 Å². The topological polar surface area (TPSA) is 14.1 Å². The van der Waals surface area contributed by atoms with E-state index in [4.69, 9.17) is 0 Å². The highest BCUT2D eigenvalue weighted by Crippen LogP contribution is 2.21. The molecule has 1 radical (unpaired) electrons. The summed E-state index contributed by atoms with van der Waals surface area (Å²) in [4.78, 5) is 0. The Labute approximate surface area is 61.1 Å². The van der Waals surface area contributed by atoms with Crippen LogP contribution in [-0.4, -0.2) is 6.54 Å². The lowest BCUT2D eigenvalue weighted by Crippen LogP contribution is -2.12. The van der Waals surface area contributed by atoms with E-state index in [1.165, 1.54) is 11.3 Å². The fourth-order valence-corrected chi connectivity index (χ4v) is 1.34. The van der Waals surface area contributed by atoms with Crippen LogP contribution >= 0.6 is 0 Å². The van der Waals surface area contributed by atoms with Crippen molar-refractivity contribution in [1.82, 2.24) is 5.32 Å². The summed E-state index contributed by atoms with van der Waals surface area (Å²) in [5.74, 6) is 0. The lowest BCUT2D eigenvalue weighted by Gasteiger charge is -2.16. The van der Waals surface area contributed by atoms with Crippen molar-refractivity contribution in [3.63, 3.8) is 0 Å². The second kappa shape index (κ2) is 2.33. The van der Waals surface area contributed by atoms with Crippen LogP contribution in [0.2, 0.25) is 0 Å². The van der Waals surface area contributed by atoms with Gasteiger partial charge < -0.3 is 0 Å². The van der Waals surface area contributed by atoms with Gasteiger partial charge in [0, 0.05) is 12.1 Å².